The molecule has 0 radical (unpaired) electrons. The van der Waals surface area contributed by atoms with E-state index in [1.54, 1.807) is 6.92 Å². The Morgan fingerprint density at radius 2 is 1.88 bits per heavy atom. The van der Waals surface area contributed by atoms with Crippen LogP contribution in [0.4, 0.5) is 8.78 Å². The Morgan fingerprint density at radius 1 is 1.29 bits per heavy atom. The van der Waals surface area contributed by atoms with Gasteiger partial charge in [-0.3, -0.25) is 9.59 Å². The fraction of sp³-hybridized carbons (Fsp3) is 0.882. The van der Waals surface area contributed by atoms with Crippen LogP contribution in [-0.4, -0.2) is 36.0 Å². The van der Waals surface area contributed by atoms with Gasteiger partial charge >= 0.3 is 0 Å². The van der Waals surface area contributed by atoms with Crippen LogP contribution >= 0.6 is 0 Å². The van der Waals surface area contributed by atoms with Gasteiger partial charge in [-0.1, -0.05) is 6.92 Å². The molecule has 0 aliphatic heterocycles. The number of nitrogens with one attached hydrogen (secondary N) is 1. The molecule has 3 atom stereocenters. The Morgan fingerprint density at radius 3 is 2.38 bits per heavy atom. The number of aliphatic hydroxyl groups is 1. The summed E-state index contributed by atoms with van der Waals surface area (Å²) in [6.07, 6.45) is 1.83. The molecule has 0 aromatic rings. The van der Waals surface area contributed by atoms with Gasteiger partial charge in [-0.05, 0) is 44.4 Å². The van der Waals surface area contributed by atoms with E-state index in [1.807, 2.05) is 0 Å². The van der Waals surface area contributed by atoms with Gasteiger partial charge in [-0.2, -0.15) is 0 Å². The molecular formula is C17H30F2N2O3. The van der Waals surface area contributed by atoms with Crippen molar-refractivity contribution in [1.82, 2.24) is 5.32 Å². The van der Waals surface area contributed by atoms with Crippen LogP contribution in [0.3, 0.4) is 0 Å². The summed E-state index contributed by atoms with van der Waals surface area (Å²) in [7, 11) is 1.51. The highest BCUT2D eigenvalue weighted by molar-refractivity contribution is 5.80. The third kappa shape index (κ3) is 7.11. The van der Waals surface area contributed by atoms with Gasteiger partial charge in [-0.25, -0.2) is 8.78 Å². The Kier molecular flexibility index (Phi) is 8.06. The summed E-state index contributed by atoms with van der Waals surface area (Å²) in [6, 6.07) is 0. The lowest BCUT2D eigenvalue weighted by atomic mass is 9.82. The Labute approximate surface area is 142 Å². The fourth-order valence-electron chi connectivity index (χ4n) is 3.32. The number of primary amides is 1. The van der Waals surface area contributed by atoms with Crippen molar-refractivity contribution in [2.75, 3.05) is 7.05 Å². The Balaban J connectivity index is 2.43. The maximum Gasteiger partial charge on any atom is 0.248 e. The summed E-state index contributed by atoms with van der Waals surface area (Å²) in [4.78, 5) is 23.1. The normalized spacial score (nSPS) is 21.7. The molecule has 1 aliphatic rings. The molecule has 0 spiro atoms. The lowest BCUT2D eigenvalue weighted by Gasteiger charge is -2.29. The van der Waals surface area contributed by atoms with Gasteiger partial charge in [0, 0.05) is 31.7 Å². The molecule has 4 N–H and O–H groups in total. The summed E-state index contributed by atoms with van der Waals surface area (Å²) in [5, 5.41) is 12.7. The monoisotopic (exact) mass is 348 g/mol. The molecule has 0 heterocycles. The number of hydrogen-bond donors (Lipinski definition) is 3. The highest BCUT2D eigenvalue weighted by Crippen LogP contribution is 2.38. The van der Waals surface area contributed by atoms with E-state index in [1.165, 1.54) is 7.05 Å². The van der Waals surface area contributed by atoms with Crippen molar-refractivity contribution in [3.63, 3.8) is 0 Å². The highest BCUT2D eigenvalue weighted by Gasteiger charge is 2.35. The summed E-state index contributed by atoms with van der Waals surface area (Å²) in [5.74, 6) is -3.95. The first-order chi connectivity index (χ1) is 11.1. The molecule has 7 heteroatoms. The zero-order chi connectivity index (χ0) is 18.3. The van der Waals surface area contributed by atoms with Gasteiger partial charge in [0.15, 0.2) is 0 Å². The largest absolute Gasteiger partial charge is 0.393 e. The third-order valence-electron chi connectivity index (χ3n) is 5.04. The van der Waals surface area contributed by atoms with Crippen molar-refractivity contribution in [1.29, 1.82) is 0 Å². The number of carbonyl (C=O) groups is 2. The maximum atomic E-state index is 13.1. The molecule has 1 saturated carbocycles. The van der Waals surface area contributed by atoms with Crippen molar-refractivity contribution in [3.05, 3.63) is 0 Å². The second kappa shape index (κ2) is 9.30. The number of aliphatic hydroxyl groups excluding tert-OH is 1. The van der Waals surface area contributed by atoms with Gasteiger partial charge < -0.3 is 16.2 Å². The average molecular weight is 348 g/mol. The van der Waals surface area contributed by atoms with E-state index in [0.717, 1.165) is 0 Å². The van der Waals surface area contributed by atoms with E-state index < -0.39 is 29.8 Å². The van der Waals surface area contributed by atoms with E-state index in [2.05, 4.69) is 5.32 Å². The van der Waals surface area contributed by atoms with Gasteiger partial charge in [0.25, 0.3) is 0 Å². The molecule has 24 heavy (non-hydrogen) atoms. The highest BCUT2D eigenvalue weighted by atomic mass is 19.3. The summed E-state index contributed by atoms with van der Waals surface area (Å²) in [6.45, 7) is 1.66. The van der Waals surface area contributed by atoms with Gasteiger partial charge in [0.05, 0.1) is 6.10 Å². The minimum Gasteiger partial charge on any atom is -0.393 e. The molecule has 1 fully saturated rings. The van der Waals surface area contributed by atoms with Gasteiger partial charge in [0.1, 0.15) is 0 Å². The number of halogens is 2. The van der Waals surface area contributed by atoms with Crippen LogP contribution in [0, 0.1) is 17.8 Å². The zero-order valence-electron chi connectivity index (χ0n) is 14.6. The third-order valence-corrected chi connectivity index (χ3v) is 5.04. The first-order valence-electron chi connectivity index (χ1n) is 8.71. The van der Waals surface area contributed by atoms with Crippen molar-refractivity contribution in [2.45, 2.75) is 70.3 Å². The zero-order valence-corrected chi connectivity index (χ0v) is 14.6. The van der Waals surface area contributed by atoms with Crippen molar-refractivity contribution in [2.24, 2.45) is 23.5 Å². The van der Waals surface area contributed by atoms with E-state index in [9.17, 15) is 23.5 Å². The topological polar surface area (TPSA) is 92.4 Å². The average Bonchev–Trinajstić information content (AvgIpc) is 2.52. The number of hydrogen-bond acceptors (Lipinski definition) is 3. The van der Waals surface area contributed by atoms with Crippen molar-refractivity contribution < 1.29 is 23.5 Å². The minimum atomic E-state index is -2.54. The van der Waals surface area contributed by atoms with Gasteiger partial charge in [-0.15, -0.1) is 0 Å². The van der Waals surface area contributed by atoms with Crippen LogP contribution in [0.25, 0.3) is 0 Å². The Hall–Kier alpha value is -1.24. The van der Waals surface area contributed by atoms with E-state index in [0.29, 0.717) is 32.1 Å². The van der Waals surface area contributed by atoms with Gasteiger partial charge in [0.2, 0.25) is 17.7 Å². The summed E-state index contributed by atoms with van der Waals surface area (Å²) < 4.78 is 26.3. The lowest BCUT2D eigenvalue weighted by molar-refractivity contribution is -0.127. The van der Waals surface area contributed by atoms with Crippen LogP contribution < -0.4 is 11.1 Å². The predicted octanol–water partition coefficient (Wildman–Crippen LogP) is 2.22. The van der Waals surface area contributed by atoms with E-state index in [-0.39, 0.29) is 31.1 Å². The molecule has 1 rings (SSSR count). The van der Waals surface area contributed by atoms with Crippen LogP contribution in [0.1, 0.15) is 58.3 Å². The fourth-order valence-corrected chi connectivity index (χ4v) is 3.32. The number of carbonyl (C=O) groups excluding carboxylic acids is 2. The van der Waals surface area contributed by atoms with Crippen LogP contribution in [0.2, 0.25) is 0 Å². The van der Waals surface area contributed by atoms with Crippen LogP contribution in [-0.2, 0) is 9.59 Å². The molecule has 1 unspecified atom stereocenters. The number of alkyl halides is 2. The van der Waals surface area contributed by atoms with Crippen molar-refractivity contribution in [3.8, 4) is 0 Å². The number of rotatable bonds is 9. The molecule has 0 bridgehead atoms. The second-order valence-electron chi connectivity index (χ2n) is 7.12. The molecule has 1 aliphatic carbocycles. The molecule has 5 nitrogen and oxygen atoms in total. The quantitative estimate of drug-likeness (QED) is 0.596. The molecule has 2 amide bonds. The minimum absolute atomic E-state index is 0.0786. The van der Waals surface area contributed by atoms with Crippen molar-refractivity contribution >= 4 is 11.8 Å². The molecule has 140 valence electrons. The van der Waals surface area contributed by atoms with Crippen LogP contribution in [0.15, 0.2) is 0 Å². The van der Waals surface area contributed by atoms with E-state index in [4.69, 9.17) is 5.73 Å². The molecular weight excluding hydrogens is 318 g/mol. The summed E-state index contributed by atoms with van der Waals surface area (Å²) in [5.41, 5.74) is 5.24. The Bertz CT molecular complexity index is 422. The first kappa shape index (κ1) is 20.8. The van der Waals surface area contributed by atoms with Crippen LogP contribution in [0.5, 0.6) is 0 Å². The van der Waals surface area contributed by atoms with E-state index >= 15 is 0 Å². The lowest BCUT2D eigenvalue weighted by Crippen LogP contribution is -2.34. The standard InChI is InChI=1S/C17H30F2N2O3/c1-11(15(20)23)9-13(16(24)21-2)10-14(22)4-3-12-5-7-17(18,19)8-6-12/h11-14,22H,3-10H2,1-2H3,(H2,20,23)(H,21,24)/t11?,13-,14+/m1/s1. The molecule has 0 aromatic carbocycles. The molecule has 0 aromatic heterocycles. The second-order valence-corrected chi connectivity index (χ2v) is 7.12. The maximum absolute atomic E-state index is 13.1. The number of amides is 2. The number of nitrogens with two attached hydrogens (primary N) is 1. The predicted molar refractivity (Wildman–Crippen MR) is 87.3 cm³/mol. The first-order valence-corrected chi connectivity index (χ1v) is 8.71. The smallest absolute Gasteiger partial charge is 0.248 e. The SMILES string of the molecule is CNC(=O)[C@H](CC(C)C(N)=O)C[C@@H](O)CCC1CCC(F)(F)CC1. The molecule has 0 saturated heterocycles. The summed E-state index contributed by atoms with van der Waals surface area (Å²) >= 11 is 0.